The Bertz CT molecular complexity index is 407. The van der Waals surface area contributed by atoms with E-state index in [0.29, 0.717) is 0 Å². The fourth-order valence-electron chi connectivity index (χ4n) is 1.57. The second kappa shape index (κ2) is 4.64. The zero-order valence-electron chi connectivity index (χ0n) is 8.83. The summed E-state index contributed by atoms with van der Waals surface area (Å²) < 4.78 is 0. The van der Waals surface area contributed by atoms with E-state index in [1.165, 1.54) is 11.1 Å². The van der Waals surface area contributed by atoms with Crippen LogP contribution >= 0.6 is 0 Å². The van der Waals surface area contributed by atoms with Gasteiger partial charge in [0.1, 0.15) is 0 Å². The van der Waals surface area contributed by atoms with Crippen molar-refractivity contribution in [2.75, 3.05) is 11.9 Å². The standard InChI is InChI=1S/C12H15N3/c1-10-4-2-3-5-11(10)6-7-13-12-14-8-9-15-12/h2-5,8-9H,6-7H2,1H3,(H2,13,14,15). The van der Waals surface area contributed by atoms with Crippen molar-refractivity contribution in [2.24, 2.45) is 0 Å². The molecule has 0 atom stereocenters. The molecule has 0 aliphatic rings. The number of aryl methyl sites for hydroxylation is 1. The van der Waals surface area contributed by atoms with Gasteiger partial charge in [-0.1, -0.05) is 24.3 Å². The normalized spacial score (nSPS) is 10.2. The van der Waals surface area contributed by atoms with Crippen molar-refractivity contribution in [1.82, 2.24) is 9.97 Å². The Balaban J connectivity index is 1.86. The minimum Gasteiger partial charge on any atom is -0.355 e. The van der Waals surface area contributed by atoms with E-state index < -0.39 is 0 Å². The van der Waals surface area contributed by atoms with Crippen LogP contribution in [0.4, 0.5) is 5.95 Å². The number of hydrogen-bond donors (Lipinski definition) is 2. The number of benzene rings is 1. The molecule has 2 rings (SSSR count). The summed E-state index contributed by atoms with van der Waals surface area (Å²) in [5.74, 6) is 0.837. The van der Waals surface area contributed by atoms with Crippen LogP contribution in [0.15, 0.2) is 36.7 Å². The minimum absolute atomic E-state index is 0.837. The third kappa shape index (κ3) is 2.59. The van der Waals surface area contributed by atoms with Crippen LogP contribution < -0.4 is 5.32 Å². The second-order valence-electron chi connectivity index (χ2n) is 3.54. The molecule has 3 nitrogen and oxygen atoms in total. The molecule has 0 fully saturated rings. The molecule has 15 heavy (non-hydrogen) atoms. The third-order valence-electron chi connectivity index (χ3n) is 2.45. The lowest BCUT2D eigenvalue weighted by Crippen LogP contribution is -2.06. The lowest BCUT2D eigenvalue weighted by molar-refractivity contribution is 0.986. The van der Waals surface area contributed by atoms with Crippen molar-refractivity contribution in [3.63, 3.8) is 0 Å². The van der Waals surface area contributed by atoms with Gasteiger partial charge in [-0.3, -0.25) is 0 Å². The molecule has 2 N–H and O–H groups in total. The van der Waals surface area contributed by atoms with Crippen molar-refractivity contribution in [3.8, 4) is 0 Å². The van der Waals surface area contributed by atoms with E-state index in [9.17, 15) is 0 Å². The number of anilines is 1. The molecule has 0 saturated carbocycles. The third-order valence-corrected chi connectivity index (χ3v) is 2.45. The van der Waals surface area contributed by atoms with Gasteiger partial charge >= 0.3 is 0 Å². The number of nitrogens with one attached hydrogen (secondary N) is 2. The maximum absolute atomic E-state index is 4.10. The SMILES string of the molecule is Cc1ccccc1CCNc1ncc[nH]1. The van der Waals surface area contributed by atoms with Gasteiger partial charge in [0.2, 0.25) is 0 Å². The predicted molar refractivity (Wildman–Crippen MR) is 62.0 cm³/mol. The van der Waals surface area contributed by atoms with Crippen LogP contribution in [0.25, 0.3) is 0 Å². The number of H-pyrrole nitrogens is 1. The van der Waals surface area contributed by atoms with Gasteiger partial charge in [0.05, 0.1) is 0 Å². The number of hydrogen-bond acceptors (Lipinski definition) is 2. The van der Waals surface area contributed by atoms with Crippen molar-refractivity contribution in [2.45, 2.75) is 13.3 Å². The van der Waals surface area contributed by atoms with Crippen LogP contribution in [0.5, 0.6) is 0 Å². The van der Waals surface area contributed by atoms with Crippen LogP contribution in [0, 0.1) is 6.92 Å². The molecule has 0 unspecified atom stereocenters. The molecule has 1 aromatic carbocycles. The molecule has 3 heteroatoms. The molecule has 1 aromatic heterocycles. The quantitative estimate of drug-likeness (QED) is 0.797. The van der Waals surface area contributed by atoms with Gasteiger partial charge in [0.15, 0.2) is 5.95 Å². The first-order valence-corrected chi connectivity index (χ1v) is 5.14. The van der Waals surface area contributed by atoms with Gasteiger partial charge in [0, 0.05) is 18.9 Å². The smallest absolute Gasteiger partial charge is 0.200 e. The van der Waals surface area contributed by atoms with Gasteiger partial charge in [0.25, 0.3) is 0 Å². The minimum atomic E-state index is 0.837. The van der Waals surface area contributed by atoms with Crippen molar-refractivity contribution in [3.05, 3.63) is 47.8 Å². The largest absolute Gasteiger partial charge is 0.355 e. The molecule has 0 saturated heterocycles. The molecular formula is C12H15N3. The van der Waals surface area contributed by atoms with E-state index in [4.69, 9.17) is 0 Å². The summed E-state index contributed by atoms with van der Waals surface area (Å²) in [5, 5.41) is 3.23. The Morgan fingerprint density at radius 1 is 1.33 bits per heavy atom. The van der Waals surface area contributed by atoms with Gasteiger partial charge in [-0.05, 0) is 24.5 Å². The number of aromatic amines is 1. The van der Waals surface area contributed by atoms with E-state index in [0.717, 1.165) is 18.9 Å². The molecule has 0 bridgehead atoms. The molecule has 0 aliphatic heterocycles. The Labute approximate surface area is 89.6 Å². The van der Waals surface area contributed by atoms with E-state index >= 15 is 0 Å². The zero-order valence-corrected chi connectivity index (χ0v) is 8.83. The van der Waals surface area contributed by atoms with Gasteiger partial charge in [-0.2, -0.15) is 0 Å². The highest BCUT2D eigenvalue weighted by Crippen LogP contribution is 2.07. The van der Waals surface area contributed by atoms with E-state index in [-0.39, 0.29) is 0 Å². The van der Waals surface area contributed by atoms with Crippen molar-refractivity contribution in [1.29, 1.82) is 0 Å². The second-order valence-corrected chi connectivity index (χ2v) is 3.54. The van der Waals surface area contributed by atoms with Crippen molar-refractivity contribution >= 4 is 5.95 Å². The number of imidazole rings is 1. The lowest BCUT2D eigenvalue weighted by Gasteiger charge is -2.05. The van der Waals surface area contributed by atoms with Crippen molar-refractivity contribution < 1.29 is 0 Å². The molecule has 2 aromatic rings. The Morgan fingerprint density at radius 2 is 2.20 bits per heavy atom. The Morgan fingerprint density at radius 3 is 2.93 bits per heavy atom. The molecule has 1 heterocycles. The molecule has 0 amide bonds. The monoisotopic (exact) mass is 201 g/mol. The average Bonchev–Trinajstić information content (AvgIpc) is 2.74. The summed E-state index contributed by atoms with van der Waals surface area (Å²) in [7, 11) is 0. The summed E-state index contributed by atoms with van der Waals surface area (Å²) in [6.07, 6.45) is 4.58. The first kappa shape index (κ1) is 9.77. The first-order valence-electron chi connectivity index (χ1n) is 5.14. The summed E-state index contributed by atoms with van der Waals surface area (Å²) in [6, 6.07) is 8.45. The van der Waals surface area contributed by atoms with Crippen LogP contribution in [-0.2, 0) is 6.42 Å². The van der Waals surface area contributed by atoms with Gasteiger partial charge in [-0.15, -0.1) is 0 Å². The highest BCUT2D eigenvalue weighted by Gasteiger charge is 1.97. The van der Waals surface area contributed by atoms with Gasteiger partial charge < -0.3 is 10.3 Å². The van der Waals surface area contributed by atoms with Gasteiger partial charge in [-0.25, -0.2) is 4.98 Å². The zero-order chi connectivity index (χ0) is 10.5. The fourth-order valence-corrected chi connectivity index (χ4v) is 1.57. The summed E-state index contributed by atoms with van der Waals surface area (Å²) >= 11 is 0. The van der Waals surface area contributed by atoms with E-state index in [1.54, 1.807) is 6.20 Å². The van der Waals surface area contributed by atoms with Crippen LogP contribution in [0.2, 0.25) is 0 Å². The predicted octanol–water partition coefficient (Wildman–Crippen LogP) is 2.37. The molecule has 0 radical (unpaired) electrons. The summed E-state index contributed by atoms with van der Waals surface area (Å²) in [5.41, 5.74) is 2.73. The van der Waals surface area contributed by atoms with Crippen LogP contribution in [-0.4, -0.2) is 16.5 Å². The molecule has 0 aliphatic carbocycles. The van der Waals surface area contributed by atoms with E-state index in [2.05, 4.69) is 46.5 Å². The molecular weight excluding hydrogens is 186 g/mol. The maximum atomic E-state index is 4.10. The molecule has 0 spiro atoms. The highest BCUT2D eigenvalue weighted by molar-refractivity contribution is 5.28. The number of nitrogens with zero attached hydrogens (tertiary/aromatic N) is 1. The first-order chi connectivity index (χ1) is 7.36. The summed E-state index contributed by atoms with van der Waals surface area (Å²) in [6.45, 7) is 3.04. The van der Waals surface area contributed by atoms with Crippen LogP contribution in [0.1, 0.15) is 11.1 Å². The van der Waals surface area contributed by atoms with E-state index in [1.807, 2.05) is 6.20 Å². The topological polar surface area (TPSA) is 40.7 Å². The maximum Gasteiger partial charge on any atom is 0.200 e. The number of aromatic nitrogens is 2. The summed E-state index contributed by atoms with van der Waals surface area (Å²) in [4.78, 5) is 7.12. The number of rotatable bonds is 4. The van der Waals surface area contributed by atoms with Crippen LogP contribution in [0.3, 0.4) is 0 Å². The highest BCUT2D eigenvalue weighted by atomic mass is 15.1. The average molecular weight is 201 g/mol. The Hall–Kier alpha value is -1.77. The lowest BCUT2D eigenvalue weighted by atomic mass is 10.1. The molecule has 78 valence electrons. The Kier molecular flexibility index (Phi) is 3.02. The fraction of sp³-hybridized carbons (Fsp3) is 0.250.